The molecule has 2 aromatic carbocycles. The second-order valence-corrected chi connectivity index (χ2v) is 4.92. The van der Waals surface area contributed by atoms with E-state index in [0.717, 1.165) is 11.3 Å². The van der Waals surface area contributed by atoms with Crippen molar-refractivity contribution < 1.29 is 14.3 Å². The number of carboxylic acid groups (broad SMARTS) is 1. The van der Waals surface area contributed by atoms with Crippen LogP contribution in [-0.4, -0.2) is 17.6 Å². The van der Waals surface area contributed by atoms with Gasteiger partial charge in [-0.15, -0.1) is 0 Å². The summed E-state index contributed by atoms with van der Waals surface area (Å²) in [5, 5.41) is 9.59. The molecular formula is C17H18FNO2. The molecule has 0 heterocycles. The number of halogens is 1. The second-order valence-electron chi connectivity index (χ2n) is 4.92. The van der Waals surface area contributed by atoms with Crippen molar-refractivity contribution in [2.24, 2.45) is 0 Å². The maximum absolute atomic E-state index is 13.0. The number of nitrogens with zero attached hydrogens (tertiary/aromatic N) is 1. The smallest absolute Gasteiger partial charge is 0.331 e. The SMILES string of the molecule is CCN(c1cccc(C)c1)C(C(=O)O)c1ccc(F)cc1. The van der Waals surface area contributed by atoms with E-state index in [1.165, 1.54) is 24.3 Å². The van der Waals surface area contributed by atoms with E-state index >= 15 is 0 Å². The van der Waals surface area contributed by atoms with E-state index in [1.807, 2.05) is 38.1 Å². The maximum Gasteiger partial charge on any atom is 0.331 e. The Balaban J connectivity index is 2.44. The summed E-state index contributed by atoms with van der Waals surface area (Å²) >= 11 is 0. The first kappa shape index (κ1) is 15.0. The van der Waals surface area contributed by atoms with Gasteiger partial charge >= 0.3 is 5.97 Å². The Labute approximate surface area is 123 Å². The van der Waals surface area contributed by atoms with Crippen molar-refractivity contribution >= 4 is 11.7 Å². The van der Waals surface area contributed by atoms with E-state index in [9.17, 15) is 14.3 Å². The van der Waals surface area contributed by atoms with Gasteiger partial charge in [-0.05, 0) is 49.2 Å². The fourth-order valence-corrected chi connectivity index (χ4v) is 2.42. The third-order valence-electron chi connectivity index (χ3n) is 3.41. The third kappa shape index (κ3) is 3.40. The van der Waals surface area contributed by atoms with Crippen LogP contribution in [0, 0.1) is 12.7 Å². The molecule has 0 saturated heterocycles. The number of hydrogen-bond donors (Lipinski definition) is 1. The van der Waals surface area contributed by atoms with Gasteiger partial charge in [0.2, 0.25) is 0 Å². The lowest BCUT2D eigenvalue weighted by molar-refractivity contribution is -0.138. The maximum atomic E-state index is 13.0. The van der Waals surface area contributed by atoms with Crippen LogP contribution in [0.15, 0.2) is 48.5 Å². The third-order valence-corrected chi connectivity index (χ3v) is 3.41. The fraction of sp³-hybridized carbons (Fsp3) is 0.235. The lowest BCUT2D eigenvalue weighted by atomic mass is 10.0. The van der Waals surface area contributed by atoms with Crippen LogP contribution in [0.3, 0.4) is 0 Å². The Morgan fingerprint density at radius 3 is 2.43 bits per heavy atom. The zero-order chi connectivity index (χ0) is 15.4. The quantitative estimate of drug-likeness (QED) is 0.909. The highest BCUT2D eigenvalue weighted by Crippen LogP contribution is 2.28. The molecule has 2 rings (SSSR count). The molecule has 0 aliphatic rings. The predicted molar refractivity (Wildman–Crippen MR) is 81.0 cm³/mol. The van der Waals surface area contributed by atoms with Gasteiger partial charge in [0.1, 0.15) is 5.82 Å². The summed E-state index contributed by atoms with van der Waals surface area (Å²) in [7, 11) is 0. The van der Waals surface area contributed by atoms with Gasteiger partial charge in [-0.3, -0.25) is 0 Å². The minimum atomic E-state index is -0.954. The largest absolute Gasteiger partial charge is 0.479 e. The second kappa shape index (κ2) is 6.39. The van der Waals surface area contributed by atoms with Crippen molar-refractivity contribution in [1.82, 2.24) is 0 Å². The van der Waals surface area contributed by atoms with Crippen LogP contribution in [0.2, 0.25) is 0 Å². The lowest BCUT2D eigenvalue weighted by Gasteiger charge is -2.30. The van der Waals surface area contributed by atoms with E-state index < -0.39 is 12.0 Å². The van der Waals surface area contributed by atoms with Crippen molar-refractivity contribution in [1.29, 1.82) is 0 Å². The Morgan fingerprint density at radius 1 is 1.24 bits per heavy atom. The summed E-state index contributed by atoms with van der Waals surface area (Å²) in [6.45, 7) is 4.41. The zero-order valence-electron chi connectivity index (χ0n) is 12.1. The van der Waals surface area contributed by atoms with Crippen LogP contribution < -0.4 is 4.90 Å². The van der Waals surface area contributed by atoms with Crippen molar-refractivity contribution in [2.45, 2.75) is 19.9 Å². The minimum Gasteiger partial charge on any atom is -0.479 e. The van der Waals surface area contributed by atoms with Crippen LogP contribution in [-0.2, 0) is 4.79 Å². The molecule has 110 valence electrons. The summed E-state index contributed by atoms with van der Waals surface area (Å²) < 4.78 is 13.0. The highest BCUT2D eigenvalue weighted by molar-refractivity contribution is 5.80. The van der Waals surface area contributed by atoms with Gasteiger partial charge < -0.3 is 10.0 Å². The average Bonchev–Trinajstić information content (AvgIpc) is 2.45. The van der Waals surface area contributed by atoms with Gasteiger partial charge in [-0.2, -0.15) is 0 Å². The van der Waals surface area contributed by atoms with Crippen LogP contribution in [0.1, 0.15) is 24.1 Å². The van der Waals surface area contributed by atoms with E-state index in [2.05, 4.69) is 0 Å². The average molecular weight is 287 g/mol. The van der Waals surface area contributed by atoms with Crippen molar-refractivity contribution in [3.05, 3.63) is 65.5 Å². The molecule has 21 heavy (non-hydrogen) atoms. The van der Waals surface area contributed by atoms with E-state index in [4.69, 9.17) is 0 Å². The summed E-state index contributed by atoms with van der Waals surface area (Å²) in [5.41, 5.74) is 2.47. The summed E-state index contributed by atoms with van der Waals surface area (Å²) in [4.78, 5) is 13.5. The normalized spacial score (nSPS) is 12.0. The van der Waals surface area contributed by atoms with Crippen molar-refractivity contribution in [2.75, 3.05) is 11.4 Å². The lowest BCUT2D eigenvalue weighted by Crippen LogP contribution is -2.34. The fourth-order valence-electron chi connectivity index (χ4n) is 2.42. The molecule has 0 radical (unpaired) electrons. The van der Waals surface area contributed by atoms with E-state index in [1.54, 1.807) is 4.90 Å². The molecule has 0 amide bonds. The molecule has 3 nitrogen and oxygen atoms in total. The number of rotatable bonds is 5. The molecule has 4 heteroatoms. The van der Waals surface area contributed by atoms with Crippen LogP contribution in [0.25, 0.3) is 0 Å². The Bertz CT molecular complexity index is 625. The number of hydrogen-bond acceptors (Lipinski definition) is 2. The predicted octanol–water partition coefficient (Wildman–Crippen LogP) is 3.79. The van der Waals surface area contributed by atoms with E-state index in [-0.39, 0.29) is 5.82 Å². The van der Waals surface area contributed by atoms with Crippen LogP contribution in [0.4, 0.5) is 10.1 Å². The van der Waals surface area contributed by atoms with Crippen LogP contribution in [0.5, 0.6) is 0 Å². The van der Waals surface area contributed by atoms with Gasteiger partial charge in [0.25, 0.3) is 0 Å². The Kier molecular flexibility index (Phi) is 4.58. The molecule has 0 aliphatic heterocycles. The van der Waals surface area contributed by atoms with Gasteiger partial charge in [0, 0.05) is 12.2 Å². The summed E-state index contributed by atoms with van der Waals surface area (Å²) in [6, 6.07) is 12.5. The van der Waals surface area contributed by atoms with Gasteiger partial charge in [-0.25, -0.2) is 9.18 Å². The van der Waals surface area contributed by atoms with Gasteiger partial charge in [0.05, 0.1) is 0 Å². The minimum absolute atomic E-state index is 0.374. The molecule has 2 aromatic rings. The van der Waals surface area contributed by atoms with Gasteiger partial charge in [-0.1, -0.05) is 24.3 Å². The number of aliphatic carboxylic acids is 1. The number of carboxylic acids is 1. The molecule has 1 N–H and O–H groups in total. The molecule has 0 spiro atoms. The first-order valence-electron chi connectivity index (χ1n) is 6.84. The molecular weight excluding hydrogens is 269 g/mol. The Hall–Kier alpha value is -2.36. The number of anilines is 1. The standard InChI is InChI=1S/C17H18FNO2/c1-3-19(15-6-4-5-12(2)11-15)16(17(20)21)13-7-9-14(18)10-8-13/h4-11,16H,3H2,1-2H3,(H,20,21). The van der Waals surface area contributed by atoms with Crippen LogP contribution >= 0.6 is 0 Å². The molecule has 0 aliphatic carbocycles. The molecule has 0 saturated carbocycles. The first-order chi connectivity index (χ1) is 10.0. The summed E-state index contributed by atoms with van der Waals surface area (Å²) in [5.74, 6) is -1.33. The zero-order valence-corrected chi connectivity index (χ0v) is 12.1. The molecule has 1 atom stereocenters. The van der Waals surface area contributed by atoms with Crippen molar-refractivity contribution in [3.63, 3.8) is 0 Å². The Morgan fingerprint density at radius 2 is 1.90 bits per heavy atom. The van der Waals surface area contributed by atoms with E-state index in [0.29, 0.717) is 12.1 Å². The molecule has 1 unspecified atom stereocenters. The number of carbonyl (C=O) groups is 1. The molecule has 0 aromatic heterocycles. The highest BCUT2D eigenvalue weighted by atomic mass is 19.1. The molecule has 0 bridgehead atoms. The van der Waals surface area contributed by atoms with Gasteiger partial charge in [0.15, 0.2) is 6.04 Å². The van der Waals surface area contributed by atoms with Crippen molar-refractivity contribution in [3.8, 4) is 0 Å². The number of likely N-dealkylation sites (N-methyl/N-ethyl adjacent to an activating group) is 1. The monoisotopic (exact) mass is 287 g/mol. The topological polar surface area (TPSA) is 40.5 Å². The highest BCUT2D eigenvalue weighted by Gasteiger charge is 2.26. The summed E-state index contributed by atoms with van der Waals surface area (Å²) in [6.07, 6.45) is 0. The first-order valence-corrected chi connectivity index (χ1v) is 6.84. The number of benzene rings is 2. The molecule has 0 fully saturated rings. The number of aryl methyl sites for hydroxylation is 1.